The van der Waals surface area contributed by atoms with E-state index in [2.05, 4.69) is 10.6 Å². The lowest BCUT2D eigenvalue weighted by atomic mass is 10.1. The minimum atomic E-state index is -3.72. The van der Waals surface area contributed by atoms with Crippen molar-refractivity contribution in [1.82, 2.24) is 10.6 Å². The van der Waals surface area contributed by atoms with Crippen LogP contribution in [-0.2, 0) is 14.8 Å². The molecule has 0 aromatic heterocycles. The number of likely N-dealkylation sites (N-methyl/N-ethyl adjacent to an activating group) is 1. The summed E-state index contributed by atoms with van der Waals surface area (Å²) in [6.45, 7) is 3.58. The summed E-state index contributed by atoms with van der Waals surface area (Å²) >= 11 is 0. The Morgan fingerprint density at radius 2 is 1.95 bits per heavy atom. The number of benzene rings is 1. The fourth-order valence-corrected chi connectivity index (χ4v) is 2.29. The minimum Gasteiger partial charge on any atom is -0.358 e. The predicted molar refractivity (Wildman–Crippen MR) is 72.9 cm³/mol. The van der Waals surface area contributed by atoms with Crippen molar-refractivity contribution in [2.45, 2.75) is 30.8 Å². The number of primary sulfonamides is 1. The van der Waals surface area contributed by atoms with Crippen LogP contribution in [0.25, 0.3) is 0 Å². The van der Waals surface area contributed by atoms with E-state index in [1.54, 1.807) is 26.1 Å². The summed E-state index contributed by atoms with van der Waals surface area (Å²) in [5.41, 5.74) is 0.752. The molecule has 7 heteroatoms. The van der Waals surface area contributed by atoms with E-state index < -0.39 is 10.0 Å². The zero-order valence-corrected chi connectivity index (χ0v) is 12.0. The molecule has 0 aliphatic rings. The molecule has 6 nitrogen and oxygen atoms in total. The van der Waals surface area contributed by atoms with E-state index >= 15 is 0 Å². The predicted octanol–water partition coefficient (Wildman–Crippen LogP) is 0.119. The van der Waals surface area contributed by atoms with Crippen molar-refractivity contribution in [3.8, 4) is 0 Å². The Morgan fingerprint density at radius 1 is 1.32 bits per heavy atom. The average molecular weight is 285 g/mol. The number of nitrogens with two attached hydrogens (primary N) is 1. The normalized spacial score (nSPS) is 14.7. The number of nitrogens with one attached hydrogen (secondary N) is 2. The molecule has 1 aromatic rings. The molecular formula is C12H19N3O3S. The fourth-order valence-electron chi connectivity index (χ4n) is 1.72. The molecule has 0 aliphatic heterocycles. The van der Waals surface area contributed by atoms with Crippen molar-refractivity contribution in [3.63, 3.8) is 0 Å². The van der Waals surface area contributed by atoms with Gasteiger partial charge in [0.1, 0.15) is 0 Å². The standard InChI is InChI=1S/C12H19N3O3S/c1-8(15-9(2)12(16)14-3)10-5-4-6-11(7-10)19(13,17)18/h4-9,15H,1-3H3,(H,14,16)(H2,13,17,18). The largest absolute Gasteiger partial charge is 0.358 e. The molecule has 2 atom stereocenters. The van der Waals surface area contributed by atoms with Crippen molar-refractivity contribution in [2.75, 3.05) is 7.05 Å². The Kier molecular flexibility index (Phi) is 5.04. The summed E-state index contributed by atoms with van der Waals surface area (Å²) in [6.07, 6.45) is 0. The van der Waals surface area contributed by atoms with Gasteiger partial charge in [0, 0.05) is 13.1 Å². The second kappa shape index (κ2) is 6.14. The zero-order valence-electron chi connectivity index (χ0n) is 11.2. The Balaban J connectivity index is 2.89. The second-order valence-electron chi connectivity index (χ2n) is 4.34. The van der Waals surface area contributed by atoms with Crippen LogP contribution in [0, 0.1) is 0 Å². The molecule has 106 valence electrons. The lowest BCUT2D eigenvalue weighted by Gasteiger charge is -2.19. The van der Waals surface area contributed by atoms with Crippen LogP contribution in [0.3, 0.4) is 0 Å². The van der Waals surface area contributed by atoms with E-state index in [-0.39, 0.29) is 22.9 Å². The molecule has 1 rings (SSSR count). The van der Waals surface area contributed by atoms with Crippen LogP contribution < -0.4 is 15.8 Å². The second-order valence-corrected chi connectivity index (χ2v) is 5.90. The molecule has 0 aliphatic carbocycles. The van der Waals surface area contributed by atoms with Crippen LogP contribution in [0.4, 0.5) is 0 Å². The van der Waals surface area contributed by atoms with Crippen LogP contribution in [0.15, 0.2) is 29.2 Å². The first-order valence-corrected chi connectivity index (χ1v) is 7.40. The fraction of sp³-hybridized carbons (Fsp3) is 0.417. The minimum absolute atomic E-state index is 0.0613. The third-order valence-corrected chi connectivity index (χ3v) is 3.74. The first kappa shape index (κ1) is 15.6. The first-order chi connectivity index (χ1) is 8.75. The zero-order chi connectivity index (χ0) is 14.6. The van der Waals surface area contributed by atoms with Crippen molar-refractivity contribution < 1.29 is 13.2 Å². The van der Waals surface area contributed by atoms with Crippen LogP contribution in [-0.4, -0.2) is 27.4 Å². The van der Waals surface area contributed by atoms with Gasteiger partial charge in [-0.1, -0.05) is 12.1 Å². The Morgan fingerprint density at radius 3 is 2.47 bits per heavy atom. The van der Waals surface area contributed by atoms with Gasteiger partial charge >= 0.3 is 0 Å². The lowest BCUT2D eigenvalue weighted by Crippen LogP contribution is -2.41. The summed E-state index contributed by atoms with van der Waals surface area (Å²) in [5, 5.41) is 10.7. The summed E-state index contributed by atoms with van der Waals surface area (Å²) in [4.78, 5) is 11.5. The van der Waals surface area contributed by atoms with E-state index in [1.807, 2.05) is 6.92 Å². The number of carbonyl (C=O) groups is 1. The Bertz CT molecular complexity index is 557. The number of sulfonamides is 1. The van der Waals surface area contributed by atoms with Gasteiger partial charge in [-0.15, -0.1) is 0 Å². The van der Waals surface area contributed by atoms with Gasteiger partial charge in [-0.2, -0.15) is 0 Å². The number of hydrogen-bond acceptors (Lipinski definition) is 4. The number of amides is 1. The van der Waals surface area contributed by atoms with E-state index in [9.17, 15) is 13.2 Å². The number of carbonyl (C=O) groups excluding carboxylic acids is 1. The van der Waals surface area contributed by atoms with Gasteiger partial charge in [0.2, 0.25) is 15.9 Å². The van der Waals surface area contributed by atoms with Gasteiger partial charge in [-0.25, -0.2) is 13.6 Å². The molecule has 0 radical (unpaired) electrons. The molecule has 0 saturated heterocycles. The maximum absolute atomic E-state index is 11.4. The summed E-state index contributed by atoms with van der Waals surface area (Å²) in [7, 11) is -2.15. The van der Waals surface area contributed by atoms with Crippen LogP contribution in [0.2, 0.25) is 0 Å². The van der Waals surface area contributed by atoms with E-state index in [4.69, 9.17) is 5.14 Å². The lowest BCUT2D eigenvalue weighted by molar-refractivity contribution is -0.122. The van der Waals surface area contributed by atoms with Crippen LogP contribution in [0.5, 0.6) is 0 Å². The average Bonchev–Trinajstić information content (AvgIpc) is 2.36. The first-order valence-electron chi connectivity index (χ1n) is 5.86. The molecule has 4 N–H and O–H groups in total. The monoisotopic (exact) mass is 285 g/mol. The van der Waals surface area contributed by atoms with Crippen LogP contribution in [0.1, 0.15) is 25.5 Å². The van der Waals surface area contributed by atoms with Gasteiger partial charge in [0.15, 0.2) is 0 Å². The smallest absolute Gasteiger partial charge is 0.238 e. The highest BCUT2D eigenvalue weighted by Crippen LogP contribution is 2.17. The summed E-state index contributed by atoms with van der Waals surface area (Å²) < 4.78 is 22.6. The van der Waals surface area contributed by atoms with E-state index in [1.165, 1.54) is 12.1 Å². The maximum atomic E-state index is 11.4. The highest BCUT2D eigenvalue weighted by atomic mass is 32.2. The topological polar surface area (TPSA) is 101 Å². The van der Waals surface area contributed by atoms with Gasteiger partial charge in [-0.05, 0) is 31.5 Å². The van der Waals surface area contributed by atoms with Gasteiger partial charge < -0.3 is 5.32 Å². The van der Waals surface area contributed by atoms with Crippen molar-refractivity contribution in [3.05, 3.63) is 29.8 Å². The molecule has 0 fully saturated rings. The molecule has 1 amide bonds. The quantitative estimate of drug-likeness (QED) is 0.715. The molecule has 0 saturated carbocycles. The maximum Gasteiger partial charge on any atom is 0.238 e. The van der Waals surface area contributed by atoms with E-state index in [0.29, 0.717) is 0 Å². The molecule has 0 bridgehead atoms. The summed E-state index contributed by atoms with van der Waals surface area (Å²) in [6, 6.07) is 5.80. The number of hydrogen-bond donors (Lipinski definition) is 3. The summed E-state index contributed by atoms with van der Waals surface area (Å²) in [5.74, 6) is -0.130. The molecule has 0 heterocycles. The molecule has 1 aromatic carbocycles. The van der Waals surface area contributed by atoms with Crippen molar-refractivity contribution in [1.29, 1.82) is 0 Å². The molecule has 2 unspecified atom stereocenters. The van der Waals surface area contributed by atoms with Crippen molar-refractivity contribution >= 4 is 15.9 Å². The van der Waals surface area contributed by atoms with Gasteiger partial charge in [0.05, 0.1) is 10.9 Å². The van der Waals surface area contributed by atoms with E-state index in [0.717, 1.165) is 5.56 Å². The Labute approximate surface area is 113 Å². The molecular weight excluding hydrogens is 266 g/mol. The van der Waals surface area contributed by atoms with Crippen molar-refractivity contribution in [2.24, 2.45) is 5.14 Å². The SMILES string of the molecule is CNC(=O)C(C)NC(C)c1cccc(S(N)(=O)=O)c1. The highest BCUT2D eigenvalue weighted by Gasteiger charge is 2.16. The van der Waals surface area contributed by atoms with Crippen LogP contribution >= 0.6 is 0 Å². The van der Waals surface area contributed by atoms with Gasteiger partial charge in [-0.3, -0.25) is 10.1 Å². The Hall–Kier alpha value is -1.44. The third kappa shape index (κ3) is 4.30. The third-order valence-electron chi connectivity index (χ3n) is 2.83. The highest BCUT2D eigenvalue weighted by molar-refractivity contribution is 7.89. The van der Waals surface area contributed by atoms with Gasteiger partial charge in [0.25, 0.3) is 0 Å². The molecule has 0 spiro atoms. The molecule has 19 heavy (non-hydrogen) atoms. The number of rotatable bonds is 5.